The molecule has 1 aromatic heterocycles. The van der Waals surface area contributed by atoms with Gasteiger partial charge in [0.1, 0.15) is 11.6 Å². The Hall–Kier alpha value is -2.98. The van der Waals surface area contributed by atoms with Gasteiger partial charge in [-0.15, -0.1) is 11.3 Å². The quantitative estimate of drug-likeness (QED) is 0.404. The third kappa shape index (κ3) is 3.56. The van der Waals surface area contributed by atoms with E-state index >= 15 is 0 Å². The van der Waals surface area contributed by atoms with Crippen molar-refractivity contribution >= 4 is 34.7 Å². The first-order valence-corrected chi connectivity index (χ1v) is 7.11. The van der Waals surface area contributed by atoms with Crippen molar-refractivity contribution in [3.63, 3.8) is 0 Å². The number of hydrogen-bond acceptors (Lipinski definition) is 5. The van der Waals surface area contributed by atoms with Crippen molar-refractivity contribution in [3.8, 4) is 6.07 Å². The normalized spacial score (nSPS) is 10.8. The molecular weight excluding hydrogens is 302 g/mol. The molecule has 0 saturated heterocycles. The zero-order chi connectivity index (χ0) is 16.1. The number of rotatable bonds is 4. The average Bonchev–Trinajstić information content (AvgIpc) is 2.90. The van der Waals surface area contributed by atoms with Gasteiger partial charge in [-0.05, 0) is 36.1 Å². The van der Waals surface area contributed by atoms with Crippen LogP contribution in [0.5, 0.6) is 0 Å². The van der Waals surface area contributed by atoms with Gasteiger partial charge in [-0.1, -0.05) is 6.07 Å². The Kier molecular flexibility index (Phi) is 4.66. The van der Waals surface area contributed by atoms with E-state index in [1.807, 2.05) is 24.4 Å². The predicted molar refractivity (Wildman–Crippen MR) is 84.4 cm³/mol. The van der Waals surface area contributed by atoms with Gasteiger partial charge in [-0.3, -0.25) is 14.9 Å². The van der Waals surface area contributed by atoms with Crippen molar-refractivity contribution in [1.82, 2.24) is 0 Å². The van der Waals surface area contributed by atoms with Crippen LogP contribution in [0.2, 0.25) is 0 Å². The minimum absolute atomic E-state index is 0.0583. The van der Waals surface area contributed by atoms with E-state index in [4.69, 9.17) is 5.26 Å². The zero-order valence-corrected chi connectivity index (χ0v) is 12.4. The Bertz CT molecular complexity index is 802. The first-order chi connectivity index (χ1) is 10.5. The molecule has 1 amide bonds. The molecule has 0 aliphatic heterocycles. The molecule has 1 heterocycles. The van der Waals surface area contributed by atoms with Gasteiger partial charge in [0, 0.05) is 22.7 Å². The summed E-state index contributed by atoms with van der Waals surface area (Å²) in [4.78, 5) is 23.1. The summed E-state index contributed by atoms with van der Waals surface area (Å²) in [6, 6.07) is 9.29. The average molecular weight is 313 g/mol. The molecule has 0 radical (unpaired) electrons. The van der Waals surface area contributed by atoms with Gasteiger partial charge in [0.05, 0.1) is 4.92 Å². The number of nitro groups is 1. The highest BCUT2D eigenvalue weighted by Crippen LogP contribution is 2.21. The molecular formula is C15H11N3O3S. The molecule has 2 rings (SSSR count). The third-order valence-electron chi connectivity index (χ3n) is 2.86. The number of nitro benzene ring substituents is 1. The summed E-state index contributed by atoms with van der Waals surface area (Å²) < 4.78 is 0. The van der Waals surface area contributed by atoms with Gasteiger partial charge in [-0.25, -0.2) is 0 Å². The summed E-state index contributed by atoms with van der Waals surface area (Å²) in [7, 11) is 0. The maximum absolute atomic E-state index is 12.1. The molecule has 0 bridgehead atoms. The lowest BCUT2D eigenvalue weighted by Gasteiger charge is -2.04. The van der Waals surface area contributed by atoms with Gasteiger partial charge < -0.3 is 5.32 Å². The van der Waals surface area contributed by atoms with Crippen LogP contribution in [0.1, 0.15) is 10.4 Å². The highest BCUT2D eigenvalue weighted by Gasteiger charge is 2.12. The maximum atomic E-state index is 12.1. The molecule has 7 heteroatoms. The van der Waals surface area contributed by atoms with Crippen LogP contribution < -0.4 is 5.32 Å². The lowest BCUT2D eigenvalue weighted by molar-refractivity contribution is -0.384. The van der Waals surface area contributed by atoms with E-state index in [2.05, 4.69) is 5.32 Å². The summed E-state index contributed by atoms with van der Waals surface area (Å²) in [5.74, 6) is -0.601. The molecule has 0 unspecified atom stereocenters. The Labute approximate surface area is 130 Å². The minimum atomic E-state index is -0.601. The summed E-state index contributed by atoms with van der Waals surface area (Å²) in [6.07, 6.45) is 1.51. The van der Waals surface area contributed by atoms with Crippen molar-refractivity contribution in [2.75, 3.05) is 5.32 Å². The summed E-state index contributed by atoms with van der Waals surface area (Å²) in [5.41, 5.74) is 1.05. The zero-order valence-electron chi connectivity index (χ0n) is 11.6. The van der Waals surface area contributed by atoms with Crippen molar-refractivity contribution in [3.05, 3.63) is 61.8 Å². The van der Waals surface area contributed by atoms with E-state index in [0.29, 0.717) is 0 Å². The molecule has 0 fully saturated rings. The van der Waals surface area contributed by atoms with Crippen molar-refractivity contribution in [2.24, 2.45) is 0 Å². The number of amides is 1. The van der Waals surface area contributed by atoms with E-state index in [0.717, 1.165) is 10.4 Å². The Morgan fingerprint density at radius 1 is 1.45 bits per heavy atom. The second-order valence-electron chi connectivity index (χ2n) is 4.40. The Morgan fingerprint density at radius 3 is 2.82 bits per heavy atom. The molecule has 0 atom stereocenters. The number of hydrogen-bond donors (Lipinski definition) is 1. The van der Waals surface area contributed by atoms with Gasteiger partial charge >= 0.3 is 0 Å². The predicted octanol–water partition coefficient (Wildman–Crippen LogP) is 3.51. The highest BCUT2D eigenvalue weighted by molar-refractivity contribution is 7.11. The number of aryl methyl sites for hydroxylation is 1. The number of nitrogens with one attached hydrogen (secondary N) is 1. The number of non-ortho nitro benzene ring substituents is 1. The molecule has 0 aliphatic carbocycles. The molecule has 110 valence electrons. The molecule has 1 N–H and O–H groups in total. The second kappa shape index (κ2) is 6.65. The summed E-state index contributed by atoms with van der Waals surface area (Å²) >= 11 is 1.43. The van der Waals surface area contributed by atoms with Crippen LogP contribution in [-0.4, -0.2) is 10.8 Å². The van der Waals surface area contributed by atoms with Crippen LogP contribution in [0, 0.1) is 28.4 Å². The van der Waals surface area contributed by atoms with Crippen LogP contribution in [0.3, 0.4) is 0 Å². The van der Waals surface area contributed by atoms with Crippen LogP contribution in [0.4, 0.5) is 11.4 Å². The topological polar surface area (TPSA) is 96.0 Å². The van der Waals surface area contributed by atoms with Gasteiger partial charge in [0.2, 0.25) is 0 Å². The van der Waals surface area contributed by atoms with Crippen molar-refractivity contribution in [1.29, 1.82) is 5.26 Å². The maximum Gasteiger partial charge on any atom is 0.271 e. The van der Waals surface area contributed by atoms with Crippen LogP contribution in [0.15, 0.2) is 41.3 Å². The van der Waals surface area contributed by atoms with Crippen LogP contribution >= 0.6 is 11.3 Å². The van der Waals surface area contributed by atoms with Crippen molar-refractivity contribution in [2.45, 2.75) is 6.92 Å². The molecule has 22 heavy (non-hydrogen) atoms. The highest BCUT2D eigenvalue weighted by atomic mass is 32.1. The summed E-state index contributed by atoms with van der Waals surface area (Å²) in [5, 5.41) is 24.2. The third-order valence-corrected chi connectivity index (χ3v) is 3.82. The molecule has 0 saturated carbocycles. The van der Waals surface area contributed by atoms with E-state index in [1.54, 1.807) is 0 Å². The molecule has 0 aliphatic rings. The lowest BCUT2D eigenvalue weighted by atomic mass is 10.2. The smallest absolute Gasteiger partial charge is 0.271 e. The fourth-order valence-corrected chi connectivity index (χ4v) is 2.57. The van der Waals surface area contributed by atoms with Crippen LogP contribution in [0.25, 0.3) is 6.08 Å². The first-order valence-electron chi connectivity index (χ1n) is 6.23. The van der Waals surface area contributed by atoms with Crippen molar-refractivity contribution < 1.29 is 9.72 Å². The largest absolute Gasteiger partial charge is 0.321 e. The number of anilines is 1. The minimum Gasteiger partial charge on any atom is -0.321 e. The number of carbonyl (C=O) groups excluding carboxylic acids is 1. The molecule has 2 aromatic rings. The lowest BCUT2D eigenvalue weighted by Crippen LogP contribution is -2.13. The first kappa shape index (κ1) is 15.4. The Morgan fingerprint density at radius 2 is 2.23 bits per heavy atom. The van der Waals surface area contributed by atoms with E-state index in [-0.39, 0.29) is 16.9 Å². The van der Waals surface area contributed by atoms with Gasteiger partial charge in [0.25, 0.3) is 11.6 Å². The SMILES string of the molecule is Cc1ccsc1/C=C(\C#N)C(=O)Nc1cccc([N+](=O)[O-])c1. The standard InChI is InChI=1S/C15H11N3O3S/c1-10-5-6-22-14(10)7-11(9-16)15(19)17-12-3-2-4-13(8-12)18(20)21/h2-8H,1H3,(H,17,19)/b11-7+. The van der Waals surface area contributed by atoms with E-state index < -0.39 is 10.8 Å². The number of carbonyl (C=O) groups is 1. The Balaban J connectivity index is 2.22. The summed E-state index contributed by atoms with van der Waals surface area (Å²) in [6.45, 7) is 1.88. The monoisotopic (exact) mass is 313 g/mol. The second-order valence-corrected chi connectivity index (χ2v) is 5.35. The number of benzene rings is 1. The molecule has 6 nitrogen and oxygen atoms in total. The van der Waals surface area contributed by atoms with Gasteiger partial charge in [0.15, 0.2) is 0 Å². The fraction of sp³-hybridized carbons (Fsp3) is 0.0667. The van der Waals surface area contributed by atoms with Gasteiger partial charge in [-0.2, -0.15) is 5.26 Å². The van der Waals surface area contributed by atoms with E-state index in [9.17, 15) is 14.9 Å². The number of nitriles is 1. The molecule has 0 spiro atoms. The fourth-order valence-electron chi connectivity index (χ4n) is 1.71. The number of thiophene rings is 1. The van der Waals surface area contributed by atoms with Crippen LogP contribution in [-0.2, 0) is 4.79 Å². The molecule has 1 aromatic carbocycles. The number of nitrogens with zero attached hydrogens (tertiary/aromatic N) is 2. The van der Waals surface area contributed by atoms with E-state index in [1.165, 1.54) is 41.7 Å².